The predicted octanol–water partition coefficient (Wildman–Crippen LogP) is -0.564. The number of anilines is 1. The number of pyridine rings is 1. The molecule has 7 nitrogen and oxygen atoms in total. The molecule has 1 fully saturated rings. The van der Waals surface area contributed by atoms with Crippen LogP contribution >= 0.6 is 0 Å². The van der Waals surface area contributed by atoms with E-state index in [9.17, 15) is 8.42 Å². The van der Waals surface area contributed by atoms with E-state index >= 15 is 0 Å². The minimum absolute atomic E-state index is 0.0314. The summed E-state index contributed by atoms with van der Waals surface area (Å²) in [5.74, 6) is 0.665. The zero-order valence-corrected chi connectivity index (χ0v) is 12.2. The van der Waals surface area contributed by atoms with Crippen LogP contribution in [0.4, 0.5) is 5.82 Å². The number of piperazine rings is 1. The Labute approximate surface area is 119 Å². The maximum atomic E-state index is 11.1. The van der Waals surface area contributed by atoms with Crippen molar-refractivity contribution in [3.05, 3.63) is 18.3 Å². The molecule has 0 aliphatic carbocycles. The van der Waals surface area contributed by atoms with E-state index in [0.29, 0.717) is 5.82 Å². The van der Waals surface area contributed by atoms with Crippen LogP contribution < -0.4 is 15.8 Å². The zero-order chi connectivity index (χ0) is 14.4. The topological polar surface area (TPSA) is 100 Å². The van der Waals surface area contributed by atoms with E-state index in [1.54, 1.807) is 6.07 Å². The third kappa shape index (κ3) is 4.71. The molecule has 2 rings (SSSR count). The average Bonchev–Trinajstić information content (AvgIpc) is 2.44. The molecule has 4 N–H and O–H groups in total. The lowest BCUT2D eigenvalue weighted by atomic mass is 10.3. The van der Waals surface area contributed by atoms with Gasteiger partial charge < -0.3 is 15.5 Å². The van der Waals surface area contributed by atoms with Crippen LogP contribution in [0.15, 0.2) is 23.2 Å². The van der Waals surface area contributed by atoms with Crippen LogP contribution in [0.2, 0.25) is 0 Å². The molecular weight excluding hydrogens is 278 g/mol. The number of hydrogen-bond donors (Lipinski definition) is 3. The summed E-state index contributed by atoms with van der Waals surface area (Å²) < 4.78 is 22.2. The number of hydrogen-bond acceptors (Lipinski definition) is 6. The second-order valence-electron chi connectivity index (χ2n) is 4.80. The van der Waals surface area contributed by atoms with Gasteiger partial charge in [0.2, 0.25) is 10.0 Å². The molecule has 0 amide bonds. The van der Waals surface area contributed by atoms with Crippen LogP contribution in [-0.2, 0) is 10.0 Å². The molecule has 0 bridgehead atoms. The summed E-state index contributed by atoms with van der Waals surface area (Å²) in [6.45, 7) is 6.19. The number of nitrogens with zero attached hydrogens (tertiary/aromatic N) is 2. The van der Waals surface area contributed by atoms with Gasteiger partial charge in [-0.25, -0.2) is 18.5 Å². The third-order valence-electron chi connectivity index (χ3n) is 3.23. The smallest absolute Gasteiger partial charge is 0.239 e. The Morgan fingerprint density at radius 1 is 1.35 bits per heavy atom. The Balaban J connectivity index is 1.71. The molecule has 0 atom stereocenters. The van der Waals surface area contributed by atoms with Crippen LogP contribution in [-0.4, -0.2) is 57.6 Å². The molecule has 0 radical (unpaired) electrons. The van der Waals surface area contributed by atoms with E-state index in [-0.39, 0.29) is 4.90 Å². The van der Waals surface area contributed by atoms with Crippen LogP contribution in [0.3, 0.4) is 0 Å². The first-order chi connectivity index (χ1) is 9.55. The van der Waals surface area contributed by atoms with E-state index < -0.39 is 10.0 Å². The summed E-state index contributed by atoms with van der Waals surface area (Å²) in [5, 5.41) is 11.5. The first kappa shape index (κ1) is 15.2. The fourth-order valence-electron chi connectivity index (χ4n) is 2.11. The summed E-state index contributed by atoms with van der Waals surface area (Å²) in [6, 6.07) is 3.09. The first-order valence-corrected chi connectivity index (χ1v) is 8.26. The molecule has 0 spiro atoms. The van der Waals surface area contributed by atoms with Gasteiger partial charge >= 0.3 is 0 Å². The summed E-state index contributed by atoms with van der Waals surface area (Å²) in [5.41, 5.74) is 0. The largest absolute Gasteiger partial charge is 0.370 e. The lowest BCUT2D eigenvalue weighted by Crippen LogP contribution is -2.44. The highest BCUT2D eigenvalue weighted by molar-refractivity contribution is 7.89. The highest BCUT2D eigenvalue weighted by atomic mass is 32.2. The van der Waals surface area contributed by atoms with Gasteiger partial charge in [-0.15, -0.1) is 0 Å². The van der Waals surface area contributed by atoms with Crippen molar-refractivity contribution < 1.29 is 8.42 Å². The van der Waals surface area contributed by atoms with Gasteiger partial charge in [-0.05, 0) is 25.1 Å². The summed E-state index contributed by atoms with van der Waals surface area (Å²) in [7, 11) is -3.66. The maximum absolute atomic E-state index is 11.1. The SMILES string of the molecule is NS(=O)(=O)c1ccc(NCCCN2CCNCC2)nc1. The van der Waals surface area contributed by atoms with Crippen molar-refractivity contribution in [1.82, 2.24) is 15.2 Å². The summed E-state index contributed by atoms with van der Waals surface area (Å²) >= 11 is 0. The second kappa shape index (κ2) is 6.98. The van der Waals surface area contributed by atoms with Crippen molar-refractivity contribution in [2.24, 2.45) is 5.14 Å². The molecule has 1 aliphatic rings. The highest BCUT2D eigenvalue weighted by Gasteiger charge is 2.09. The summed E-state index contributed by atoms with van der Waals surface area (Å²) in [4.78, 5) is 6.49. The fraction of sp³-hybridized carbons (Fsp3) is 0.583. The van der Waals surface area contributed by atoms with E-state index in [1.807, 2.05) is 0 Å². The van der Waals surface area contributed by atoms with Crippen LogP contribution in [0, 0.1) is 0 Å². The monoisotopic (exact) mass is 299 g/mol. The Kier molecular flexibility index (Phi) is 5.30. The lowest BCUT2D eigenvalue weighted by molar-refractivity contribution is 0.240. The van der Waals surface area contributed by atoms with Crippen LogP contribution in [0.5, 0.6) is 0 Å². The molecule has 1 aromatic rings. The lowest BCUT2D eigenvalue weighted by Gasteiger charge is -2.27. The Hall–Kier alpha value is -1.22. The van der Waals surface area contributed by atoms with Gasteiger partial charge in [-0.3, -0.25) is 0 Å². The van der Waals surface area contributed by atoms with E-state index in [4.69, 9.17) is 5.14 Å². The van der Waals surface area contributed by atoms with Crippen molar-refractivity contribution in [2.75, 3.05) is 44.6 Å². The third-order valence-corrected chi connectivity index (χ3v) is 4.13. The van der Waals surface area contributed by atoms with Gasteiger partial charge in [-0.2, -0.15) is 0 Å². The predicted molar refractivity (Wildman–Crippen MR) is 78.0 cm³/mol. The molecule has 0 unspecified atom stereocenters. The number of primary sulfonamides is 1. The molecule has 1 saturated heterocycles. The first-order valence-electron chi connectivity index (χ1n) is 6.71. The number of nitrogens with one attached hydrogen (secondary N) is 2. The standard InChI is InChI=1S/C12H21N5O2S/c13-20(18,19)11-2-3-12(16-10-11)15-4-1-7-17-8-5-14-6-9-17/h2-3,10,14H,1,4-9H2,(H,15,16)(H2,13,18,19). The van der Waals surface area contributed by atoms with E-state index in [2.05, 4.69) is 20.5 Å². The minimum atomic E-state index is -3.66. The van der Waals surface area contributed by atoms with Crippen molar-refractivity contribution in [2.45, 2.75) is 11.3 Å². The zero-order valence-electron chi connectivity index (χ0n) is 11.4. The molecule has 2 heterocycles. The molecule has 0 saturated carbocycles. The molecular formula is C12H21N5O2S. The van der Waals surface area contributed by atoms with Gasteiger partial charge in [0.1, 0.15) is 10.7 Å². The Bertz CT molecular complexity index is 511. The minimum Gasteiger partial charge on any atom is -0.370 e. The van der Waals surface area contributed by atoms with Crippen molar-refractivity contribution >= 4 is 15.8 Å². The van der Waals surface area contributed by atoms with Crippen molar-refractivity contribution in [3.63, 3.8) is 0 Å². The van der Waals surface area contributed by atoms with Crippen molar-refractivity contribution in [1.29, 1.82) is 0 Å². The van der Waals surface area contributed by atoms with Gasteiger partial charge in [-0.1, -0.05) is 0 Å². The molecule has 0 aromatic carbocycles. The quantitative estimate of drug-likeness (QED) is 0.609. The molecule has 20 heavy (non-hydrogen) atoms. The maximum Gasteiger partial charge on any atom is 0.239 e. The molecule has 112 valence electrons. The fourth-order valence-corrected chi connectivity index (χ4v) is 2.56. The average molecular weight is 299 g/mol. The highest BCUT2D eigenvalue weighted by Crippen LogP contribution is 2.08. The Morgan fingerprint density at radius 2 is 2.10 bits per heavy atom. The Morgan fingerprint density at radius 3 is 2.70 bits per heavy atom. The summed E-state index contributed by atoms with van der Waals surface area (Å²) in [6.07, 6.45) is 2.30. The van der Waals surface area contributed by atoms with Gasteiger partial charge in [0.25, 0.3) is 0 Å². The molecule has 1 aliphatic heterocycles. The number of sulfonamides is 1. The van der Waals surface area contributed by atoms with Gasteiger partial charge in [0.15, 0.2) is 0 Å². The number of rotatable bonds is 6. The molecule has 1 aromatic heterocycles. The van der Waals surface area contributed by atoms with Gasteiger partial charge in [0, 0.05) is 38.9 Å². The van der Waals surface area contributed by atoms with Crippen LogP contribution in [0.1, 0.15) is 6.42 Å². The molecule has 8 heteroatoms. The normalized spacial score (nSPS) is 17.1. The van der Waals surface area contributed by atoms with Crippen LogP contribution in [0.25, 0.3) is 0 Å². The second-order valence-corrected chi connectivity index (χ2v) is 6.36. The number of aromatic nitrogens is 1. The van der Waals surface area contributed by atoms with Crippen molar-refractivity contribution in [3.8, 4) is 0 Å². The van der Waals surface area contributed by atoms with Gasteiger partial charge in [0.05, 0.1) is 0 Å². The van der Waals surface area contributed by atoms with E-state index in [0.717, 1.165) is 45.7 Å². The number of nitrogens with two attached hydrogens (primary N) is 1. The van der Waals surface area contributed by atoms with E-state index in [1.165, 1.54) is 12.3 Å².